The highest BCUT2D eigenvalue weighted by Gasteiger charge is 2.52. The SMILES string of the molecule is C=CC[C@H](O)[C@H](O)[C@H]1OC(C)(C)O[C@@H]1[C@H]1COC(C)(C)O1. The van der Waals surface area contributed by atoms with Crippen molar-refractivity contribution < 1.29 is 29.2 Å². The van der Waals surface area contributed by atoms with Crippen LogP contribution in [0.4, 0.5) is 0 Å². The average molecular weight is 302 g/mol. The van der Waals surface area contributed by atoms with E-state index in [2.05, 4.69) is 6.58 Å². The largest absolute Gasteiger partial charge is 0.390 e. The molecule has 0 amide bonds. The quantitative estimate of drug-likeness (QED) is 0.737. The first-order chi connectivity index (χ1) is 9.65. The van der Waals surface area contributed by atoms with Gasteiger partial charge < -0.3 is 29.2 Å². The topological polar surface area (TPSA) is 77.4 Å². The van der Waals surface area contributed by atoms with E-state index in [1.54, 1.807) is 19.9 Å². The van der Waals surface area contributed by atoms with Gasteiger partial charge >= 0.3 is 0 Å². The van der Waals surface area contributed by atoms with Crippen molar-refractivity contribution in [1.82, 2.24) is 0 Å². The molecule has 2 aliphatic rings. The maximum absolute atomic E-state index is 10.3. The standard InChI is InChI=1S/C15H26O6/c1-6-7-9(16)11(17)13-12(20-15(4,5)21-13)10-8-18-14(2,3)19-10/h6,9-13,16-17H,1,7-8H2,2-5H3/t9-,10+,11-,12+,13+/m0/s1. The lowest BCUT2D eigenvalue weighted by atomic mass is 9.98. The van der Waals surface area contributed by atoms with Crippen LogP contribution < -0.4 is 0 Å². The van der Waals surface area contributed by atoms with E-state index in [1.807, 2.05) is 13.8 Å². The van der Waals surface area contributed by atoms with Gasteiger partial charge in [-0.05, 0) is 34.1 Å². The normalized spacial score (nSPS) is 37.3. The summed E-state index contributed by atoms with van der Waals surface area (Å²) in [6.07, 6.45) is -1.74. The van der Waals surface area contributed by atoms with Crippen molar-refractivity contribution in [3.05, 3.63) is 12.7 Å². The zero-order chi connectivity index (χ0) is 15.8. The summed E-state index contributed by atoms with van der Waals surface area (Å²) in [5.74, 6) is -1.53. The van der Waals surface area contributed by atoms with E-state index >= 15 is 0 Å². The molecule has 2 saturated heterocycles. The third-order valence-electron chi connectivity index (χ3n) is 3.70. The van der Waals surface area contributed by atoms with Gasteiger partial charge in [0.25, 0.3) is 0 Å². The van der Waals surface area contributed by atoms with Crippen molar-refractivity contribution >= 4 is 0 Å². The number of aliphatic hydroxyl groups excluding tert-OH is 2. The lowest BCUT2D eigenvalue weighted by Crippen LogP contribution is -2.48. The molecule has 122 valence electrons. The van der Waals surface area contributed by atoms with Crippen molar-refractivity contribution in [1.29, 1.82) is 0 Å². The van der Waals surface area contributed by atoms with Gasteiger partial charge in [-0.2, -0.15) is 0 Å². The van der Waals surface area contributed by atoms with Crippen LogP contribution in [0.25, 0.3) is 0 Å². The highest BCUT2D eigenvalue weighted by molar-refractivity contribution is 4.96. The van der Waals surface area contributed by atoms with Gasteiger partial charge in [0.1, 0.15) is 24.4 Å². The average Bonchev–Trinajstić information content (AvgIpc) is 2.88. The third-order valence-corrected chi connectivity index (χ3v) is 3.70. The second kappa shape index (κ2) is 5.95. The summed E-state index contributed by atoms with van der Waals surface area (Å²) in [5, 5.41) is 20.3. The fraction of sp³-hybridized carbons (Fsp3) is 0.867. The molecule has 0 unspecified atom stereocenters. The molecule has 5 atom stereocenters. The molecule has 2 N–H and O–H groups in total. The molecule has 2 rings (SSSR count). The van der Waals surface area contributed by atoms with Crippen LogP contribution in [0.15, 0.2) is 12.7 Å². The van der Waals surface area contributed by atoms with Crippen LogP contribution in [-0.4, -0.2) is 58.9 Å². The lowest BCUT2D eigenvalue weighted by Gasteiger charge is -2.28. The molecule has 0 bridgehead atoms. The predicted octanol–water partition coefficient (Wildman–Crippen LogP) is 0.956. The van der Waals surface area contributed by atoms with E-state index < -0.39 is 36.0 Å². The van der Waals surface area contributed by atoms with Crippen LogP contribution in [0.5, 0.6) is 0 Å². The highest BCUT2D eigenvalue weighted by Crippen LogP contribution is 2.37. The minimum atomic E-state index is -1.08. The van der Waals surface area contributed by atoms with Crippen LogP contribution in [-0.2, 0) is 18.9 Å². The van der Waals surface area contributed by atoms with Gasteiger partial charge in [-0.1, -0.05) is 6.08 Å². The monoisotopic (exact) mass is 302 g/mol. The molecule has 2 fully saturated rings. The van der Waals surface area contributed by atoms with Gasteiger partial charge in [-0.15, -0.1) is 6.58 Å². The van der Waals surface area contributed by atoms with E-state index in [-0.39, 0.29) is 12.5 Å². The van der Waals surface area contributed by atoms with Crippen molar-refractivity contribution in [2.75, 3.05) is 6.61 Å². The first-order valence-electron chi connectivity index (χ1n) is 7.30. The Hall–Kier alpha value is -0.500. The van der Waals surface area contributed by atoms with E-state index in [1.165, 1.54) is 0 Å². The molecule has 21 heavy (non-hydrogen) atoms. The Morgan fingerprint density at radius 1 is 1.14 bits per heavy atom. The summed E-state index contributed by atoms with van der Waals surface area (Å²) in [6.45, 7) is 11.1. The first-order valence-corrected chi connectivity index (χ1v) is 7.30. The van der Waals surface area contributed by atoms with Crippen molar-refractivity contribution in [3.63, 3.8) is 0 Å². The van der Waals surface area contributed by atoms with Crippen LogP contribution in [0.2, 0.25) is 0 Å². The van der Waals surface area contributed by atoms with Gasteiger partial charge in [0.2, 0.25) is 0 Å². The molecule has 0 aromatic carbocycles. The Labute approximate surface area is 125 Å². The zero-order valence-corrected chi connectivity index (χ0v) is 13.1. The number of rotatable bonds is 5. The minimum absolute atomic E-state index is 0.279. The fourth-order valence-corrected chi connectivity index (χ4v) is 2.78. The summed E-state index contributed by atoms with van der Waals surface area (Å²) < 4.78 is 23.0. The summed E-state index contributed by atoms with van der Waals surface area (Å²) >= 11 is 0. The van der Waals surface area contributed by atoms with Gasteiger partial charge in [0, 0.05) is 0 Å². The van der Waals surface area contributed by atoms with Crippen LogP contribution in [0.1, 0.15) is 34.1 Å². The van der Waals surface area contributed by atoms with E-state index in [9.17, 15) is 10.2 Å². The second-order valence-corrected chi connectivity index (χ2v) is 6.51. The Morgan fingerprint density at radius 3 is 2.33 bits per heavy atom. The third kappa shape index (κ3) is 3.83. The summed E-state index contributed by atoms with van der Waals surface area (Å²) in [7, 11) is 0. The van der Waals surface area contributed by atoms with Crippen molar-refractivity contribution in [3.8, 4) is 0 Å². The number of hydrogen-bond donors (Lipinski definition) is 2. The van der Waals surface area contributed by atoms with E-state index in [4.69, 9.17) is 18.9 Å². The summed E-state index contributed by atoms with van der Waals surface area (Å²) in [6, 6.07) is 0. The number of hydrogen-bond acceptors (Lipinski definition) is 6. The van der Waals surface area contributed by atoms with Gasteiger partial charge in [-0.3, -0.25) is 0 Å². The number of aliphatic hydroxyl groups is 2. The van der Waals surface area contributed by atoms with Gasteiger partial charge in [0.15, 0.2) is 11.6 Å². The van der Waals surface area contributed by atoms with Crippen molar-refractivity contribution in [2.24, 2.45) is 0 Å². The van der Waals surface area contributed by atoms with Crippen LogP contribution in [0, 0.1) is 0 Å². The Balaban J connectivity index is 2.12. The molecule has 2 heterocycles. The molecule has 0 aromatic heterocycles. The predicted molar refractivity (Wildman–Crippen MR) is 75.6 cm³/mol. The molecule has 2 aliphatic heterocycles. The molecule has 6 heteroatoms. The summed E-state index contributed by atoms with van der Waals surface area (Å²) in [4.78, 5) is 0. The molecular weight excluding hydrogens is 276 g/mol. The Morgan fingerprint density at radius 2 is 1.81 bits per heavy atom. The molecule has 0 aromatic rings. The summed E-state index contributed by atoms with van der Waals surface area (Å²) in [5.41, 5.74) is 0. The van der Waals surface area contributed by atoms with Crippen molar-refractivity contribution in [2.45, 2.75) is 76.2 Å². The van der Waals surface area contributed by atoms with Crippen LogP contribution >= 0.6 is 0 Å². The number of ether oxygens (including phenoxy) is 4. The van der Waals surface area contributed by atoms with E-state index in [0.717, 1.165) is 0 Å². The van der Waals surface area contributed by atoms with Gasteiger partial charge in [0.05, 0.1) is 12.7 Å². The molecular formula is C15H26O6. The first kappa shape index (κ1) is 16.9. The molecule has 0 radical (unpaired) electrons. The molecule has 0 saturated carbocycles. The molecule has 6 nitrogen and oxygen atoms in total. The molecule has 0 aliphatic carbocycles. The molecule has 0 spiro atoms. The second-order valence-electron chi connectivity index (χ2n) is 6.51. The zero-order valence-electron chi connectivity index (χ0n) is 13.1. The van der Waals surface area contributed by atoms with Crippen LogP contribution in [0.3, 0.4) is 0 Å². The fourth-order valence-electron chi connectivity index (χ4n) is 2.78. The lowest BCUT2D eigenvalue weighted by molar-refractivity contribution is -0.176. The minimum Gasteiger partial charge on any atom is -0.390 e. The highest BCUT2D eigenvalue weighted by atomic mass is 16.8. The Kier molecular flexibility index (Phi) is 4.78. The van der Waals surface area contributed by atoms with E-state index in [0.29, 0.717) is 6.61 Å². The smallest absolute Gasteiger partial charge is 0.164 e. The van der Waals surface area contributed by atoms with Gasteiger partial charge in [-0.25, -0.2) is 0 Å². The maximum atomic E-state index is 10.3. The maximum Gasteiger partial charge on any atom is 0.164 e. The Bertz CT molecular complexity index is 380.